The van der Waals surface area contributed by atoms with E-state index in [-0.39, 0.29) is 0 Å². The summed E-state index contributed by atoms with van der Waals surface area (Å²) in [7, 11) is 0. The number of hydrogen-bond acceptors (Lipinski definition) is 2. The first-order chi connectivity index (χ1) is 8.22. The molecule has 0 aromatic heterocycles. The van der Waals surface area contributed by atoms with Crippen LogP contribution in [0.2, 0.25) is 0 Å². The van der Waals surface area contributed by atoms with Crippen molar-refractivity contribution in [3.63, 3.8) is 0 Å². The van der Waals surface area contributed by atoms with Crippen molar-refractivity contribution in [1.29, 1.82) is 0 Å². The van der Waals surface area contributed by atoms with Gasteiger partial charge in [0.2, 0.25) is 0 Å². The van der Waals surface area contributed by atoms with Crippen LogP contribution in [0.25, 0.3) is 0 Å². The third-order valence-electron chi connectivity index (χ3n) is 5.27. The molecule has 3 rings (SSSR count). The molecule has 2 heterocycles. The number of fused-ring (bicyclic) bond motifs is 2. The quantitative estimate of drug-likeness (QED) is 0.814. The van der Waals surface area contributed by atoms with E-state index in [1.165, 1.54) is 44.9 Å². The Morgan fingerprint density at radius 3 is 2.29 bits per heavy atom. The second kappa shape index (κ2) is 4.89. The molecular formula is C15H27NO. The summed E-state index contributed by atoms with van der Waals surface area (Å²) < 4.78 is 5.92. The van der Waals surface area contributed by atoms with Gasteiger partial charge in [0.15, 0.2) is 0 Å². The summed E-state index contributed by atoms with van der Waals surface area (Å²) >= 11 is 0. The van der Waals surface area contributed by atoms with Gasteiger partial charge in [-0.2, -0.15) is 0 Å². The Kier molecular flexibility index (Phi) is 3.45. The van der Waals surface area contributed by atoms with E-state index >= 15 is 0 Å². The van der Waals surface area contributed by atoms with Gasteiger partial charge in [-0.25, -0.2) is 0 Å². The van der Waals surface area contributed by atoms with Crippen LogP contribution in [-0.4, -0.2) is 24.3 Å². The lowest BCUT2D eigenvalue weighted by molar-refractivity contribution is 0.0941. The van der Waals surface area contributed by atoms with Gasteiger partial charge in [0, 0.05) is 12.1 Å². The van der Waals surface area contributed by atoms with Gasteiger partial charge in [-0.3, -0.25) is 0 Å². The molecule has 0 radical (unpaired) electrons. The number of rotatable bonds is 3. The van der Waals surface area contributed by atoms with E-state index < -0.39 is 0 Å². The average Bonchev–Trinajstić information content (AvgIpc) is 2.91. The minimum atomic E-state index is 0.544. The highest BCUT2D eigenvalue weighted by Crippen LogP contribution is 2.36. The Morgan fingerprint density at radius 2 is 1.76 bits per heavy atom. The third kappa shape index (κ3) is 2.53. The first-order valence-electron chi connectivity index (χ1n) is 7.64. The monoisotopic (exact) mass is 237 g/mol. The van der Waals surface area contributed by atoms with Crippen molar-refractivity contribution in [1.82, 2.24) is 5.32 Å². The van der Waals surface area contributed by atoms with Crippen LogP contribution in [0.1, 0.15) is 58.8 Å². The summed E-state index contributed by atoms with van der Waals surface area (Å²) in [6.45, 7) is 4.75. The Labute approximate surface area is 105 Å². The normalized spacial score (nSPS) is 45.7. The van der Waals surface area contributed by atoms with Crippen molar-refractivity contribution in [3.8, 4) is 0 Å². The Bertz CT molecular complexity index is 258. The van der Waals surface area contributed by atoms with Crippen LogP contribution in [-0.2, 0) is 4.74 Å². The minimum absolute atomic E-state index is 0.544. The van der Waals surface area contributed by atoms with Gasteiger partial charge in [0.05, 0.1) is 12.2 Å². The van der Waals surface area contributed by atoms with E-state index in [2.05, 4.69) is 19.2 Å². The average molecular weight is 237 g/mol. The van der Waals surface area contributed by atoms with Crippen molar-refractivity contribution in [2.24, 2.45) is 11.8 Å². The van der Waals surface area contributed by atoms with Crippen molar-refractivity contribution in [2.75, 3.05) is 0 Å². The fourth-order valence-corrected chi connectivity index (χ4v) is 4.07. The lowest BCUT2D eigenvalue weighted by Crippen LogP contribution is -2.45. The molecule has 1 saturated carbocycles. The SMILES string of the molecule is CC(C)C1CCC(NC2CC3CCC2O3)CC1. The van der Waals surface area contributed by atoms with E-state index in [1.807, 2.05) is 0 Å². The molecule has 17 heavy (non-hydrogen) atoms. The highest BCUT2D eigenvalue weighted by Gasteiger charge is 2.41. The molecule has 0 amide bonds. The van der Waals surface area contributed by atoms with E-state index in [9.17, 15) is 0 Å². The highest BCUT2D eigenvalue weighted by atomic mass is 16.5. The van der Waals surface area contributed by atoms with E-state index in [4.69, 9.17) is 4.74 Å². The largest absolute Gasteiger partial charge is 0.373 e. The summed E-state index contributed by atoms with van der Waals surface area (Å²) in [6, 6.07) is 1.45. The summed E-state index contributed by atoms with van der Waals surface area (Å²) in [6.07, 6.45) is 10.6. The zero-order chi connectivity index (χ0) is 11.8. The molecule has 0 aromatic carbocycles. The standard InChI is InChI=1S/C15H27NO/c1-10(2)11-3-5-12(6-4-11)16-14-9-13-7-8-15(14)17-13/h10-16H,3-9H2,1-2H3. The summed E-state index contributed by atoms with van der Waals surface area (Å²) in [4.78, 5) is 0. The Hall–Kier alpha value is -0.0800. The lowest BCUT2D eigenvalue weighted by Gasteiger charge is -2.34. The Morgan fingerprint density at radius 1 is 1.00 bits per heavy atom. The summed E-state index contributed by atoms with van der Waals surface area (Å²) in [5, 5.41) is 3.88. The molecular weight excluding hydrogens is 210 g/mol. The number of hydrogen-bond donors (Lipinski definition) is 1. The first-order valence-corrected chi connectivity index (χ1v) is 7.64. The molecule has 0 aromatic rings. The lowest BCUT2D eigenvalue weighted by atomic mass is 9.79. The first kappa shape index (κ1) is 12.0. The predicted octanol–water partition coefficient (Wildman–Crippen LogP) is 3.11. The van der Waals surface area contributed by atoms with Gasteiger partial charge in [-0.15, -0.1) is 0 Å². The van der Waals surface area contributed by atoms with E-state index in [0.717, 1.165) is 17.9 Å². The molecule has 2 aliphatic heterocycles. The fourth-order valence-electron chi connectivity index (χ4n) is 4.07. The van der Waals surface area contributed by atoms with Gasteiger partial charge in [-0.1, -0.05) is 13.8 Å². The van der Waals surface area contributed by atoms with Crippen molar-refractivity contribution in [2.45, 2.75) is 83.1 Å². The van der Waals surface area contributed by atoms with Crippen LogP contribution in [0.3, 0.4) is 0 Å². The molecule has 2 nitrogen and oxygen atoms in total. The van der Waals surface area contributed by atoms with Gasteiger partial charge >= 0.3 is 0 Å². The maximum Gasteiger partial charge on any atom is 0.0733 e. The van der Waals surface area contributed by atoms with Crippen LogP contribution >= 0.6 is 0 Å². The zero-order valence-electron chi connectivity index (χ0n) is 11.3. The second-order valence-corrected chi connectivity index (χ2v) is 6.74. The zero-order valence-corrected chi connectivity index (χ0v) is 11.3. The second-order valence-electron chi connectivity index (χ2n) is 6.74. The van der Waals surface area contributed by atoms with Crippen LogP contribution in [0, 0.1) is 11.8 Å². The van der Waals surface area contributed by atoms with Gasteiger partial charge < -0.3 is 10.1 Å². The molecule has 2 saturated heterocycles. The molecule has 1 N–H and O–H groups in total. The van der Waals surface area contributed by atoms with Crippen LogP contribution in [0.5, 0.6) is 0 Å². The van der Waals surface area contributed by atoms with Crippen molar-refractivity contribution >= 4 is 0 Å². The van der Waals surface area contributed by atoms with Crippen LogP contribution in [0.15, 0.2) is 0 Å². The summed E-state index contributed by atoms with van der Waals surface area (Å²) in [5.41, 5.74) is 0. The van der Waals surface area contributed by atoms with Crippen LogP contribution < -0.4 is 5.32 Å². The molecule has 3 aliphatic rings. The van der Waals surface area contributed by atoms with Crippen LogP contribution in [0.4, 0.5) is 0 Å². The predicted molar refractivity (Wildman–Crippen MR) is 70.0 cm³/mol. The van der Waals surface area contributed by atoms with Crippen molar-refractivity contribution < 1.29 is 4.74 Å². The molecule has 1 aliphatic carbocycles. The number of nitrogens with one attached hydrogen (secondary N) is 1. The topological polar surface area (TPSA) is 21.3 Å². The maximum atomic E-state index is 5.92. The molecule has 3 atom stereocenters. The number of ether oxygens (including phenoxy) is 1. The van der Waals surface area contributed by atoms with E-state index in [1.54, 1.807) is 0 Å². The van der Waals surface area contributed by atoms with Gasteiger partial charge in [0.1, 0.15) is 0 Å². The minimum Gasteiger partial charge on any atom is -0.373 e. The molecule has 3 unspecified atom stereocenters. The van der Waals surface area contributed by atoms with Gasteiger partial charge in [-0.05, 0) is 56.8 Å². The Balaban J connectivity index is 1.45. The third-order valence-corrected chi connectivity index (χ3v) is 5.27. The van der Waals surface area contributed by atoms with Crippen molar-refractivity contribution in [3.05, 3.63) is 0 Å². The molecule has 2 bridgehead atoms. The molecule has 0 spiro atoms. The highest BCUT2D eigenvalue weighted by molar-refractivity contribution is 4.95. The van der Waals surface area contributed by atoms with E-state index in [0.29, 0.717) is 18.2 Å². The molecule has 98 valence electrons. The molecule has 3 fully saturated rings. The smallest absolute Gasteiger partial charge is 0.0733 e. The fraction of sp³-hybridized carbons (Fsp3) is 1.00. The maximum absolute atomic E-state index is 5.92. The van der Waals surface area contributed by atoms with Gasteiger partial charge in [0.25, 0.3) is 0 Å². The molecule has 2 heteroatoms. The summed E-state index contributed by atoms with van der Waals surface area (Å²) in [5.74, 6) is 1.85.